The van der Waals surface area contributed by atoms with Gasteiger partial charge in [-0.05, 0) is 56.8 Å². The molecule has 0 N–H and O–H groups in total. The zero-order chi connectivity index (χ0) is 22.1. The number of esters is 2. The molecule has 0 aromatic heterocycles. The topological polar surface area (TPSA) is 52.6 Å². The van der Waals surface area contributed by atoms with E-state index in [1.54, 1.807) is 0 Å². The summed E-state index contributed by atoms with van der Waals surface area (Å²) in [5, 5.41) is 0. The van der Waals surface area contributed by atoms with Crippen molar-refractivity contribution in [2.45, 2.75) is 137 Å². The highest BCUT2D eigenvalue weighted by Gasteiger charge is 2.17. The SMILES string of the molecule is CCC(CC)CCC(CC)OC(=O)CCCC(=O)OC(CC)CCC(CC)CC. The first kappa shape index (κ1) is 27.9. The average molecular weight is 413 g/mol. The van der Waals surface area contributed by atoms with Gasteiger partial charge in [0.1, 0.15) is 12.2 Å². The minimum absolute atomic E-state index is 0.00426. The van der Waals surface area contributed by atoms with Crippen LogP contribution in [0.5, 0.6) is 0 Å². The van der Waals surface area contributed by atoms with E-state index in [0.29, 0.717) is 31.1 Å². The number of hydrogen-bond donors (Lipinski definition) is 0. The van der Waals surface area contributed by atoms with Crippen LogP contribution in [0.25, 0.3) is 0 Å². The third-order valence-electron chi connectivity index (χ3n) is 6.37. The normalized spacial score (nSPS) is 13.5. The van der Waals surface area contributed by atoms with Gasteiger partial charge in [-0.15, -0.1) is 0 Å². The molecule has 0 aromatic carbocycles. The van der Waals surface area contributed by atoms with Gasteiger partial charge in [0, 0.05) is 12.8 Å². The van der Waals surface area contributed by atoms with Crippen LogP contribution in [-0.2, 0) is 19.1 Å². The molecule has 0 aromatic rings. The average Bonchev–Trinajstić information content (AvgIpc) is 2.73. The zero-order valence-corrected chi connectivity index (χ0v) is 20.1. The monoisotopic (exact) mass is 412 g/mol. The van der Waals surface area contributed by atoms with Gasteiger partial charge in [0.15, 0.2) is 0 Å². The Hall–Kier alpha value is -1.06. The first-order valence-electron chi connectivity index (χ1n) is 12.3. The predicted molar refractivity (Wildman–Crippen MR) is 121 cm³/mol. The molecule has 0 aliphatic heterocycles. The van der Waals surface area contributed by atoms with Crippen LogP contribution in [0.15, 0.2) is 0 Å². The lowest BCUT2D eigenvalue weighted by Gasteiger charge is -2.20. The Balaban J connectivity index is 4.12. The lowest BCUT2D eigenvalue weighted by molar-refractivity contribution is -0.151. The summed E-state index contributed by atoms with van der Waals surface area (Å²) in [6.07, 6.45) is 11.6. The number of hydrogen-bond acceptors (Lipinski definition) is 4. The highest BCUT2D eigenvalue weighted by atomic mass is 16.5. The molecule has 0 heterocycles. The van der Waals surface area contributed by atoms with E-state index in [2.05, 4.69) is 41.5 Å². The highest BCUT2D eigenvalue weighted by molar-refractivity contribution is 5.72. The summed E-state index contributed by atoms with van der Waals surface area (Å²) in [6, 6.07) is 0. The third kappa shape index (κ3) is 13.7. The molecule has 4 nitrogen and oxygen atoms in total. The lowest BCUT2D eigenvalue weighted by Crippen LogP contribution is -2.20. The minimum Gasteiger partial charge on any atom is -0.462 e. The summed E-state index contributed by atoms with van der Waals surface area (Å²) in [4.78, 5) is 24.3. The van der Waals surface area contributed by atoms with E-state index in [9.17, 15) is 9.59 Å². The van der Waals surface area contributed by atoms with Crippen LogP contribution in [0.2, 0.25) is 0 Å². The molecular formula is C25H48O4. The van der Waals surface area contributed by atoms with Crippen molar-refractivity contribution in [2.75, 3.05) is 0 Å². The van der Waals surface area contributed by atoms with Crippen LogP contribution in [0, 0.1) is 11.8 Å². The molecular weight excluding hydrogens is 364 g/mol. The molecule has 172 valence electrons. The lowest BCUT2D eigenvalue weighted by atomic mass is 9.95. The Morgan fingerprint density at radius 3 is 1.17 bits per heavy atom. The number of carbonyl (C=O) groups is 2. The Kier molecular flexibility index (Phi) is 17.1. The Morgan fingerprint density at radius 1 is 0.552 bits per heavy atom. The minimum atomic E-state index is -0.185. The van der Waals surface area contributed by atoms with Crippen molar-refractivity contribution in [3.05, 3.63) is 0 Å². The number of ether oxygens (including phenoxy) is 2. The van der Waals surface area contributed by atoms with Crippen molar-refractivity contribution in [1.29, 1.82) is 0 Å². The van der Waals surface area contributed by atoms with Crippen LogP contribution >= 0.6 is 0 Å². The van der Waals surface area contributed by atoms with Gasteiger partial charge in [-0.25, -0.2) is 0 Å². The Bertz CT molecular complexity index is 375. The summed E-state index contributed by atoms with van der Waals surface area (Å²) in [5.74, 6) is 1.06. The summed E-state index contributed by atoms with van der Waals surface area (Å²) < 4.78 is 11.2. The van der Waals surface area contributed by atoms with Gasteiger partial charge in [-0.3, -0.25) is 9.59 Å². The van der Waals surface area contributed by atoms with Gasteiger partial charge in [0.2, 0.25) is 0 Å². The molecule has 2 atom stereocenters. The van der Waals surface area contributed by atoms with E-state index in [-0.39, 0.29) is 24.1 Å². The van der Waals surface area contributed by atoms with Crippen LogP contribution in [0.1, 0.15) is 125 Å². The zero-order valence-electron chi connectivity index (χ0n) is 20.1. The van der Waals surface area contributed by atoms with E-state index in [1.165, 1.54) is 25.7 Å². The maximum absolute atomic E-state index is 12.1. The van der Waals surface area contributed by atoms with Crippen LogP contribution in [-0.4, -0.2) is 24.1 Å². The van der Waals surface area contributed by atoms with E-state index < -0.39 is 0 Å². The molecule has 0 fully saturated rings. The fourth-order valence-electron chi connectivity index (χ4n) is 3.80. The summed E-state index contributed by atoms with van der Waals surface area (Å²) in [5.41, 5.74) is 0. The van der Waals surface area contributed by atoms with Gasteiger partial charge >= 0.3 is 11.9 Å². The largest absolute Gasteiger partial charge is 0.462 e. The second-order valence-corrected chi connectivity index (χ2v) is 8.41. The highest BCUT2D eigenvalue weighted by Crippen LogP contribution is 2.20. The molecule has 0 rings (SSSR count). The predicted octanol–water partition coefficient (Wildman–Crippen LogP) is 7.23. The Morgan fingerprint density at radius 2 is 0.897 bits per heavy atom. The number of carbonyl (C=O) groups excluding carboxylic acids is 2. The van der Waals surface area contributed by atoms with Gasteiger partial charge in [-0.1, -0.05) is 67.2 Å². The Labute approximate surface area is 180 Å². The van der Waals surface area contributed by atoms with Gasteiger partial charge < -0.3 is 9.47 Å². The summed E-state index contributed by atoms with van der Waals surface area (Å²) >= 11 is 0. The molecule has 2 unspecified atom stereocenters. The summed E-state index contributed by atoms with van der Waals surface area (Å²) in [6.45, 7) is 13.0. The molecule has 29 heavy (non-hydrogen) atoms. The molecule has 0 bridgehead atoms. The molecule has 0 aliphatic rings. The second-order valence-electron chi connectivity index (χ2n) is 8.41. The second kappa shape index (κ2) is 17.8. The van der Waals surface area contributed by atoms with Gasteiger partial charge in [0.25, 0.3) is 0 Å². The number of rotatable bonds is 18. The maximum atomic E-state index is 12.1. The fraction of sp³-hybridized carbons (Fsp3) is 0.920. The van der Waals surface area contributed by atoms with Crippen molar-refractivity contribution in [3.8, 4) is 0 Å². The van der Waals surface area contributed by atoms with Crippen molar-refractivity contribution >= 4 is 11.9 Å². The smallest absolute Gasteiger partial charge is 0.306 e. The molecule has 0 saturated carbocycles. The van der Waals surface area contributed by atoms with Crippen molar-refractivity contribution < 1.29 is 19.1 Å². The third-order valence-corrected chi connectivity index (χ3v) is 6.37. The first-order chi connectivity index (χ1) is 13.9. The fourth-order valence-corrected chi connectivity index (χ4v) is 3.80. The van der Waals surface area contributed by atoms with Crippen LogP contribution in [0.3, 0.4) is 0 Å². The van der Waals surface area contributed by atoms with Crippen LogP contribution < -0.4 is 0 Å². The summed E-state index contributed by atoms with van der Waals surface area (Å²) in [7, 11) is 0. The van der Waals surface area contributed by atoms with E-state index in [0.717, 1.165) is 38.5 Å². The molecule has 0 spiro atoms. The van der Waals surface area contributed by atoms with Crippen molar-refractivity contribution in [3.63, 3.8) is 0 Å². The van der Waals surface area contributed by atoms with Gasteiger partial charge in [0.05, 0.1) is 0 Å². The standard InChI is InChI=1S/C25H48O4/c1-7-20(8-2)16-18-22(11-5)28-24(26)14-13-15-25(27)29-23(12-6)19-17-21(9-3)10-4/h20-23H,7-19H2,1-6H3. The maximum Gasteiger partial charge on any atom is 0.306 e. The molecule has 0 radical (unpaired) electrons. The van der Waals surface area contributed by atoms with E-state index in [1.807, 2.05) is 0 Å². The van der Waals surface area contributed by atoms with Crippen molar-refractivity contribution in [1.82, 2.24) is 0 Å². The molecule has 0 amide bonds. The van der Waals surface area contributed by atoms with Crippen LogP contribution in [0.4, 0.5) is 0 Å². The molecule has 0 saturated heterocycles. The van der Waals surface area contributed by atoms with Gasteiger partial charge in [-0.2, -0.15) is 0 Å². The van der Waals surface area contributed by atoms with E-state index in [4.69, 9.17) is 9.47 Å². The quantitative estimate of drug-likeness (QED) is 0.223. The molecule has 0 aliphatic carbocycles. The first-order valence-corrected chi connectivity index (χ1v) is 12.3. The molecule has 4 heteroatoms. The van der Waals surface area contributed by atoms with Crippen molar-refractivity contribution in [2.24, 2.45) is 11.8 Å². The van der Waals surface area contributed by atoms with E-state index >= 15 is 0 Å².